The number of nitrogens with one attached hydrogen (secondary N) is 2. The molecule has 2 N–H and O–H groups in total. The van der Waals surface area contributed by atoms with Crippen LogP contribution in [0.3, 0.4) is 0 Å². The van der Waals surface area contributed by atoms with Gasteiger partial charge in [-0.1, -0.05) is 11.6 Å². The first kappa shape index (κ1) is 20.9. The van der Waals surface area contributed by atoms with Gasteiger partial charge < -0.3 is 24.8 Å². The second kappa shape index (κ2) is 8.08. The Kier molecular flexibility index (Phi) is 6.26. The van der Waals surface area contributed by atoms with Crippen LogP contribution in [-0.2, 0) is 9.53 Å². The van der Waals surface area contributed by atoms with Crippen molar-refractivity contribution < 1.29 is 23.8 Å². The number of hydrogen-bond donors (Lipinski definition) is 2. The van der Waals surface area contributed by atoms with Gasteiger partial charge in [0.15, 0.2) is 11.5 Å². The van der Waals surface area contributed by atoms with Crippen LogP contribution in [0.2, 0.25) is 5.02 Å². The van der Waals surface area contributed by atoms with E-state index in [1.165, 1.54) is 7.11 Å². The third-order valence-electron chi connectivity index (χ3n) is 3.76. The van der Waals surface area contributed by atoms with E-state index in [9.17, 15) is 9.59 Å². The summed E-state index contributed by atoms with van der Waals surface area (Å²) in [7, 11) is 1.49. The van der Waals surface area contributed by atoms with Crippen LogP contribution in [0.4, 0.5) is 4.79 Å². The minimum atomic E-state index is -0.803. The molecule has 0 bridgehead atoms. The number of halogens is 1. The van der Waals surface area contributed by atoms with Gasteiger partial charge >= 0.3 is 12.0 Å². The number of rotatable bonds is 5. The van der Waals surface area contributed by atoms with E-state index in [4.69, 9.17) is 25.8 Å². The summed E-state index contributed by atoms with van der Waals surface area (Å²) in [6, 6.07) is 2.01. The van der Waals surface area contributed by atoms with E-state index in [2.05, 4.69) is 10.6 Å². The maximum absolute atomic E-state index is 12.8. The standard InChI is InChI=1S/C19H25ClN2O5/c1-7-26-16-12(8-11(20)9-13(16)25-6)15-14(10(2)21-18(24)22-15)17(23)27-19(3,4)5/h8-9,15H,7H2,1-6H3,(H2,21,22,24)/t15-/m0/s1. The van der Waals surface area contributed by atoms with Gasteiger partial charge in [-0.15, -0.1) is 0 Å². The van der Waals surface area contributed by atoms with Gasteiger partial charge in [-0.25, -0.2) is 9.59 Å². The highest BCUT2D eigenvalue weighted by Gasteiger charge is 2.36. The Bertz CT molecular complexity index is 783. The van der Waals surface area contributed by atoms with E-state index in [1.54, 1.807) is 39.8 Å². The molecule has 8 heteroatoms. The van der Waals surface area contributed by atoms with Crippen LogP contribution < -0.4 is 20.1 Å². The molecule has 148 valence electrons. The Morgan fingerprint density at radius 1 is 1.30 bits per heavy atom. The van der Waals surface area contributed by atoms with Crippen molar-refractivity contribution in [2.24, 2.45) is 0 Å². The monoisotopic (exact) mass is 396 g/mol. The fourth-order valence-corrected chi connectivity index (χ4v) is 3.00. The normalized spacial score (nSPS) is 17.1. The molecule has 1 aliphatic heterocycles. The summed E-state index contributed by atoms with van der Waals surface area (Å²) in [4.78, 5) is 25.0. The van der Waals surface area contributed by atoms with Gasteiger partial charge in [0.25, 0.3) is 0 Å². The van der Waals surface area contributed by atoms with E-state index >= 15 is 0 Å². The lowest BCUT2D eigenvalue weighted by Crippen LogP contribution is -2.46. The fourth-order valence-electron chi connectivity index (χ4n) is 2.78. The molecule has 1 aromatic rings. The fraction of sp³-hybridized carbons (Fsp3) is 0.474. The van der Waals surface area contributed by atoms with Crippen molar-refractivity contribution in [2.45, 2.75) is 46.3 Å². The summed E-state index contributed by atoms with van der Waals surface area (Å²) < 4.78 is 16.6. The summed E-state index contributed by atoms with van der Waals surface area (Å²) >= 11 is 6.23. The van der Waals surface area contributed by atoms with Crippen LogP contribution in [0.1, 0.15) is 46.2 Å². The van der Waals surface area contributed by atoms with Gasteiger partial charge in [0.05, 0.1) is 25.3 Å². The first-order chi connectivity index (χ1) is 12.6. The number of benzene rings is 1. The third-order valence-corrected chi connectivity index (χ3v) is 3.97. The number of hydrogen-bond acceptors (Lipinski definition) is 5. The average Bonchev–Trinajstić information content (AvgIpc) is 2.53. The second-order valence-corrected chi connectivity index (χ2v) is 7.47. The number of ether oxygens (including phenoxy) is 3. The molecule has 0 saturated heterocycles. The summed E-state index contributed by atoms with van der Waals surface area (Å²) in [5, 5.41) is 5.76. The van der Waals surface area contributed by atoms with Crippen molar-refractivity contribution in [3.05, 3.63) is 34.0 Å². The van der Waals surface area contributed by atoms with Crippen LogP contribution in [0, 0.1) is 0 Å². The lowest BCUT2D eigenvalue weighted by atomic mass is 9.94. The van der Waals surface area contributed by atoms with Crippen LogP contribution in [0.5, 0.6) is 11.5 Å². The molecular formula is C19H25ClN2O5. The number of urea groups is 1. The number of amides is 2. The zero-order valence-electron chi connectivity index (χ0n) is 16.4. The largest absolute Gasteiger partial charge is 0.493 e. The maximum Gasteiger partial charge on any atom is 0.338 e. The Balaban J connectivity index is 2.63. The van der Waals surface area contributed by atoms with Crippen molar-refractivity contribution >= 4 is 23.6 Å². The molecule has 0 aromatic heterocycles. The van der Waals surface area contributed by atoms with Crippen LogP contribution in [0.15, 0.2) is 23.4 Å². The lowest BCUT2D eigenvalue weighted by Gasteiger charge is -2.31. The van der Waals surface area contributed by atoms with Crippen LogP contribution in [0.25, 0.3) is 0 Å². The molecule has 1 atom stereocenters. The van der Waals surface area contributed by atoms with E-state index in [0.717, 1.165) is 0 Å². The van der Waals surface area contributed by atoms with Gasteiger partial charge in [0, 0.05) is 22.3 Å². The SMILES string of the molecule is CCOc1c(OC)cc(Cl)cc1[C@@H]1NC(=O)NC(C)=C1C(=O)OC(C)(C)C. The molecule has 1 aliphatic rings. The van der Waals surface area contributed by atoms with Crippen molar-refractivity contribution in [1.82, 2.24) is 10.6 Å². The first-order valence-electron chi connectivity index (χ1n) is 8.59. The van der Waals surface area contributed by atoms with Gasteiger partial charge in [-0.05, 0) is 40.7 Å². The van der Waals surface area contributed by atoms with Crippen molar-refractivity contribution in [2.75, 3.05) is 13.7 Å². The highest BCUT2D eigenvalue weighted by atomic mass is 35.5. The van der Waals surface area contributed by atoms with Gasteiger partial charge in [0.2, 0.25) is 0 Å². The predicted molar refractivity (Wildman–Crippen MR) is 102 cm³/mol. The van der Waals surface area contributed by atoms with Crippen molar-refractivity contribution in [1.29, 1.82) is 0 Å². The van der Waals surface area contributed by atoms with Crippen LogP contribution >= 0.6 is 11.6 Å². The minimum Gasteiger partial charge on any atom is -0.493 e. The first-order valence-corrected chi connectivity index (χ1v) is 8.97. The Hall–Kier alpha value is -2.41. The molecule has 0 aliphatic carbocycles. The molecule has 0 fully saturated rings. The number of carbonyl (C=O) groups is 2. The Morgan fingerprint density at radius 2 is 1.96 bits per heavy atom. The molecule has 7 nitrogen and oxygen atoms in total. The predicted octanol–water partition coefficient (Wildman–Crippen LogP) is 3.72. The topological polar surface area (TPSA) is 85.9 Å². The smallest absolute Gasteiger partial charge is 0.338 e. The highest BCUT2D eigenvalue weighted by Crippen LogP contribution is 2.41. The molecule has 1 aromatic carbocycles. The van der Waals surface area contributed by atoms with Gasteiger partial charge in [-0.2, -0.15) is 0 Å². The van der Waals surface area contributed by atoms with Crippen molar-refractivity contribution in [3.8, 4) is 11.5 Å². The molecular weight excluding hydrogens is 372 g/mol. The van der Waals surface area contributed by atoms with Gasteiger partial charge in [0.1, 0.15) is 5.60 Å². The third kappa shape index (κ3) is 4.86. The van der Waals surface area contributed by atoms with E-state index in [1.807, 2.05) is 6.92 Å². The second-order valence-electron chi connectivity index (χ2n) is 7.03. The molecule has 0 unspecified atom stereocenters. The number of esters is 1. The van der Waals surface area contributed by atoms with Gasteiger partial charge in [-0.3, -0.25) is 0 Å². The molecule has 27 heavy (non-hydrogen) atoms. The van der Waals surface area contributed by atoms with Crippen molar-refractivity contribution in [3.63, 3.8) is 0 Å². The lowest BCUT2D eigenvalue weighted by molar-refractivity contribution is -0.150. The number of carbonyl (C=O) groups excluding carboxylic acids is 2. The molecule has 0 spiro atoms. The summed E-state index contributed by atoms with van der Waals surface area (Å²) in [6.45, 7) is 9.17. The molecule has 0 radical (unpaired) electrons. The number of methoxy groups -OCH3 is 1. The average molecular weight is 397 g/mol. The summed E-state index contributed by atoms with van der Waals surface area (Å²) in [5.41, 5.74) is 0.496. The molecule has 2 amide bonds. The molecule has 1 heterocycles. The Labute approximate surface area is 164 Å². The zero-order valence-corrected chi connectivity index (χ0v) is 17.1. The Morgan fingerprint density at radius 3 is 2.52 bits per heavy atom. The highest BCUT2D eigenvalue weighted by molar-refractivity contribution is 6.30. The number of allylic oxidation sites excluding steroid dienone is 1. The van der Waals surface area contributed by atoms with E-state index in [-0.39, 0.29) is 5.57 Å². The summed E-state index contributed by atoms with van der Waals surface area (Å²) in [6.07, 6.45) is 0. The van der Waals surface area contributed by atoms with E-state index < -0.39 is 23.6 Å². The molecule has 2 rings (SSSR count). The minimum absolute atomic E-state index is 0.273. The maximum atomic E-state index is 12.8. The molecule has 0 saturated carbocycles. The summed E-state index contributed by atoms with van der Waals surface area (Å²) in [5.74, 6) is 0.276. The van der Waals surface area contributed by atoms with Crippen LogP contribution in [-0.4, -0.2) is 31.3 Å². The zero-order chi connectivity index (χ0) is 20.4. The quantitative estimate of drug-likeness (QED) is 0.741. The van der Waals surface area contributed by atoms with E-state index in [0.29, 0.717) is 34.4 Å².